The standard InChI is InChI=1S/C25H34N2O3SSi/c1-18-15-24(31-17-18)22-16-21(26-27(22)19-10-12-20(29-5)13-11-19)23(28)9-8-14-30-32(6,7)25(2,3)4/h10-13,15-17H,8-9,14H2,1-7H3. The second kappa shape index (κ2) is 9.73. The second-order valence-electron chi connectivity index (χ2n) is 9.65. The lowest BCUT2D eigenvalue weighted by molar-refractivity contribution is 0.0967. The highest BCUT2D eigenvalue weighted by molar-refractivity contribution is 7.13. The number of Topliss-reactive ketones (excluding diaryl/α,β-unsaturated/α-hetero) is 1. The third-order valence-corrected chi connectivity index (χ3v) is 11.7. The first kappa shape index (κ1) is 24.4. The first-order valence-corrected chi connectivity index (χ1v) is 14.8. The summed E-state index contributed by atoms with van der Waals surface area (Å²) in [6.45, 7) is 13.8. The molecule has 5 nitrogen and oxygen atoms in total. The number of rotatable bonds is 9. The highest BCUT2D eigenvalue weighted by atomic mass is 32.1. The monoisotopic (exact) mass is 470 g/mol. The summed E-state index contributed by atoms with van der Waals surface area (Å²) in [6, 6.07) is 11.8. The van der Waals surface area contributed by atoms with Crippen LogP contribution in [-0.4, -0.2) is 37.6 Å². The summed E-state index contributed by atoms with van der Waals surface area (Å²) in [6.07, 6.45) is 1.13. The van der Waals surface area contributed by atoms with Gasteiger partial charge in [-0.1, -0.05) is 20.8 Å². The van der Waals surface area contributed by atoms with E-state index in [1.807, 2.05) is 35.0 Å². The van der Waals surface area contributed by atoms with Gasteiger partial charge in [-0.3, -0.25) is 4.79 Å². The summed E-state index contributed by atoms with van der Waals surface area (Å²) in [5.74, 6) is 0.832. The lowest BCUT2D eigenvalue weighted by atomic mass is 10.1. The number of nitrogens with zero attached hydrogens (tertiary/aromatic N) is 2. The SMILES string of the molecule is COc1ccc(-n2nc(C(=O)CCCO[Si](C)(C)C(C)(C)C)cc2-c2cc(C)cs2)cc1. The molecule has 32 heavy (non-hydrogen) atoms. The van der Waals surface area contributed by atoms with Gasteiger partial charge >= 0.3 is 0 Å². The second-order valence-corrected chi connectivity index (χ2v) is 15.4. The van der Waals surface area contributed by atoms with E-state index in [1.165, 1.54) is 5.56 Å². The molecule has 0 saturated carbocycles. The molecule has 0 aliphatic heterocycles. The zero-order chi connectivity index (χ0) is 23.5. The molecule has 0 atom stereocenters. The van der Waals surface area contributed by atoms with Gasteiger partial charge in [0, 0.05) is 13.0 Å². The maximum atomic E-state index is 13.0. The average molecular weight is 471 g/mol. The molecule has 0 aliphatic carbocycles. The van der Waals surface area contributed by atoms with Crippen LogP contribution in [0.4, 0.5) is 0 Å². The Bertz CT molecular complexity index is 1060. The summed E-state index contributed by atoms with van der Waals surface area (Å²) in [5, 5.41) is 6.97. The molecule has 0 unspecified atom stereocenters. The van der Waals surface area contributed by atoms with Gasteiger partial charge < -0.3 is 9.16 Å². The summed E-state index contributed by atoms with van der Waals surface area (Å²) in [4.78, 5) is 14.1. The number of ketones is 1. The van der Waals surface area contributed by atoms with Gasteiger partial charge in [-0.25, -0.2) is 4.68 Å². The predicted octanol–water partition coefficient (Wildman–Crippen LogP) is 6.90. The first-order chi connectivity index (χ1) is 15.0. The van der Waals surface area contributed by atoms with E-state index in [0.717, 1.165) is 22.0 Å². The Morgan fingerprint density at radius 1 is 1.16 bits per heavy atom. The molecule has 0 fully saturated rings. The maximum Gasteiger partial charge on any atom is 0.191 e. The van der Waals surface area contributed by atoms with Crippen LogP contribution in [-0.2, 0) is 4.43 Å². The van der Waals surface area contributed by atoms with Crippen molar-refractivity contribution in [2.75, 3.05) is 13.7 Å². The zero-order valence-electron chi connectivity index (χ0n) is 20.2. The number of methoxy groups -OCH3 is 1. The van der Waals surface area contributed by atoms with Crippen molar-refractivity contribution in [3.63, 3.8) is 0 Å². The highest BCUT2D eigenvalue weighted by Gasteiger charge is 2.36. The number of hydrogen-bond acceptors (Lipinski definition) is 5. The Balaban J connectivity index is 1.78. The zero-order valence-corrected chi connectivity index (χ0v) is 22.0. The van der Waals surface area contributed by atoms with Gasteiger partial charge in [0.1, 0.15) is 11.4 Å². The van der Waals surface area contributed by atoms with Crippen LogP contribution in [0.3, 0.4) is 0 Å². The minimum Gasteiger partial charge on any atom is -0.497 e. The molecule has 3 rings (SSSR count). The smallest absolute Gasteiger partial charge is 0.191 e. The number of carbonyl (C=O) groups is 1. The number of aromatic nitrogens is 2. The van der Waals surface area contributed by atoms with Crippen LogP contribution in [0.1, 0.15) is 49.7 Å². The molecule has 0 radical (unpaired) electrons. The van der Waals surface area contributed by atoms with Crippen molar-refractivity contribution in [3.05, 3.63) is 53.0 Å². The Hall–Kier alpha value is -2.22. The minimum absolute atomic E-state index is 0.0469. The van der Waals surface area contributed by atoms with E-state index in [1.54, 1.807) is 18.4 Å². The molecule has 7 heteroatoms. The molecule has 0 spiro atoms. The van der Waals surface area contributed by atoms with Crippen LogP contribution in [0.2, 0.25) is 18.1 Å². The third kappa shape index (κ3) is 5.57. The van der Waals surface area contributed by atoms with E-state index in [0.29, 0.717) is 25.1 Å². The number of aryl methyl sites for hydroxylation is 1. The van der Waals surface area contributed by atoms with Gasteiger partial charge in [-0.05, 0) is 78.8 Å². The van der Waals surface area contributed by atoms with Crippen LogP contribution in [0, 0.1) is 6.92 Å². The van der Waals surface area contributed by atoms with Gasteiger partial charge in [0.2, 0.25) is 0 Å². The van der Waals surface area contributed by atoms with Gasteiger partial charge in [-0.15, -0.1) is 11.3 Å². The molecule has 0 bridgehead atoms. The fourth-order valence-electron chi connectivity index (χ4n) is 3.08. The quantitative estimate of drug-likeness (QED) is 0.194. The van der Waals surface area contributed by atoms with Crippen LogP contribution >= 0.6 is 11.3 Å². The fraction of sp³-hybridized carbons (Fsp3) is 0.440. The van der Waals surface area contributed by atoms with E-state index < -0.39 is 8.32 Å². The molecular formula is C25H34N2O3SSi. The summed E-state index contributed by atoms with van der Waals surface area (Å²) >= 11 is 1.66. The van der Waals surface area contributed by atoms with Crippen LogP contribution in [0.15, 0.2) is 41.8 Å². The van der Waals surface area contributed by atoms with Crippen molar-refractivity contribution in [3.8, 4) is 22.0 Å². The van der Waals surface area contributed by atoms with Gasteiger partial charge in [0.05, 0.1) is 23.4 Å². The predicted molar refractivity (Wildman–Crippen MR) is 135 cm³/mol. The van der Waals surface area contributed by atoms with Gasteiger partial charge in [0.25, 0.3) is 0 Å². The fourth-order valence-corrected chi connectivity index (χ4v) is 5.07. The molecule has 2 heterocycles. The number of thiophene rings is 1. The van der Waals surface area contributed by atoms with Crippen LogP contribution < -0.4 is 4.74 Å². The van der Waals surface area contributed by atoms with Crippen molar-refractivity contribution < 1.29 is 14.0 Å². The van der Waals surface area contributed by atoms with E-state index >= 15 is 0 Å². The maximum absolute atomic E-state index is 13.0. The largest absolute Gasteiger partial charge is 0.497 e. The first-order valence-electron chi connectivity index (χ1n) is 11.0. The van der Waals surface area contributed by atoms with Crippen LogP contribution in [0.5, 0.6) is 5.75 Å². The summed E-state index contributed by atoms with van der Waals surface area (Å²) in [5.41, 5.74) is 3.51. The van der Waals surface area contributed by atoms with Crippen molar-refractivity contribution in [1.82, 2.24) is 9.78 Å². The number of ether oxygens (including phenoxy) is 1. The molecule has 0 amide bonds. The van der Waals surface area contributed by atoms with Crippen molar-refractivity contribution >= 4 is 25.4 Å². The summed E-state index contributed by atoms with van der Waals surface area (Å²) < 4.78 is 13.4. The lowest BCUT2D eigenvalue weighted by Crippen LogP contribution is -2.41. The third-order valence-electron chi connectivity index (χ3n) is 6.11. The van der Waals surface area contributed by atoms with Crippen molar-refractivity contribution in [2.24, 2.45) is 0 Å². The Morgan fingerprint density at radius 3 is 2.41 bits per heavy atom. The number of hydrogen-bond donors (Lipinski definition) is 0. The van der Waals surface area contributed by atoms with Gasteiger partial charge in [-0.2, -0.15) is 5.10 Å². The van der Waals surface area contributed by atoms with E-state index in [9.17, 15) is 4.79 Å². The molecule has 3 aromatic rings. The van der Waals surface area contributed by atoms with Gasteiger partial charge in [0.15, 0.2) is 14.1 Å². The molecule has 0 N–H and O–H groups in total. The Morgan fingerprint density at radius 2 is 1.84 bits per heavy atom. The van der Waals surface area contributed by atoms with Crippen molar-refractivity contribution in [2.45, 2.75) is 58.7 Å². The molecule has 0 saturated heterocycles. The topological polar surface area (TPSA) is 53.4 Å². The average Bonchev–Trinajstić information content (AvgIpc) is 3.37. The molecule has 2 aromatic heterocycles. The molecule has 172 valence electrons. The van der Waals surface area contributed by atoms with E-state index in [2.05, 4.69) is 57.3 Å². The summed E-state index contributed by atoms with van der Waals surface area (Å²) in [7, 11) is -0.148. The molecule has 0 aliphatic rings. The highest BCUT2D eigenvalue weighted by Crippen LogP contribution is 2.36. The van der Waals surface area contributed by atoms with E-state index in [4.69, 9.17) is 9.16 Å². The number of benzene rings is 1. The Labute approximate surface area is 196 Å². The van der Waals surface area contributed by atoms with Crippen LogP contribution in [0.25, 0.3) is 16.3 Å². The number of carbonyl (C=O) groups excluding carboxylic acids is 1. The van der Waals surface area contributed by atoms with Crippen molar-refractivity contribution in [1.29, 1.82) is 0 Å². The Kier molecular flexibility index (Phi) is 7.42. The normalized spacial score (nSPS) is 12.2. The molecule has 1 aromatic carbocycles. The van der Waals surface area contributed by atoms with E-state index in [-0.39, 0.29) is 10.8 Å². The molecular weight excluding hydrogens is 436 g/mol. The lowest BCUT2D eigenvalue weighted by Gasteiger charge is -2.36. The minimum atomic E-state index is -1.79.